The molecule has 0 saturated carbocycles. The van der Waals surface area contributed by atoms with Crippen LogP contribution in [0.1, 0.15) is 25.0 Å². The second-order valence-corrected chi connectivity index (χ2v) is 14.8. The predicted octanol–water partition coefficient (Wildman–Crippen LogP) is 14.2. The van der Waals surface area contributed by atoms with Crippen LogP contribution in [0.3, 0.4) is 0 Å². The summed E-state index contributed by atoms with van der Waals surface area (Å²) in [5.41, 5.74) is 10.6. The summed E-state index contributed by atoms with van der Waals surface area (Å²) in [6, 6.07) is 63.7. The number of rotatable bonds is 2. The van der Waals surface area contributed by atoms with Crippen molar-refractivity contribution in [3.05, 3.63) is 181 Å². The molecule has 51 heavy (non-hydrogen) atoms. The van der Waals surface area contributed by atoms with Crippen LogP contribution in [0.5, 0.6) is 0 Å². The van der Waals surface area contributed by atoms with Gasteiger partial charge in [-0.2, -0.15) is 0 Å². The molecule has 11 rings (SSSR count). The molecular formula is C51H34. The Balaban J connectivity index is 1.20. The van der Waals surface area contributed by atoms with E-state index in [0.29, 0.717) is 0 Å². The molecule has 0 spiro atoms. The van der Waals surface area contributed by atoms with Gasteiger partial charge < -0.3 is 0 Å². The number of hydrogen-bond donors (Lipinski definition) is 0. The molecule has 0 heterocycles. The molecule has 0 atom stereocenters. The van der Waals surface area contributed by atoms with Gasteiger partial charge in [0.15, 0.2) is 0 Å². The molecule has 238 valence electrons. The zero-order valence-corrected chi connectivity index (χ0v) is 28.7. The SMILES string of the molecule is CC1(C)c2ccc(-c3c4ccccc4c(-c4cccc5c4ccc4cc6ccccc6cc45)c4ccccc34)cc2-c2c1ccc1ccccc21. The van der Waals surface area contributed by atoms with Gasteiger partial charge >= 0.3 is 0 Å². The Labute approximate surface area is 297 Å². The molecule has 0 fully saturated rings. The Kier molecular flexibility index (Phi) is 5.82. The molecule has 10 aromatic carbocycles. The van der Waals surface area contributed by atoms with Crippen molar-refractivity contribution in [3.8, 4) is 33.4 Å². The van der Waals surface area contributed by atoms with E-state index in [-0.39, 0.29) is 5.41 Å². The number of benzene rings is 10. The van der Waals surface area contributed by atoms with E-state index in [0.717, 1.165) is 0 Å². The van der Waals surface area contributed by atoms with E-state index >= 15 is 0 Å². The summed E-state index contributed by atoms with van der Waals surface area (Å²) in [6.45, 7) is 4.75. The fourth-order valence-electron chi connectivity index (χ4n) is 9.41. The van der Waals surface area contributed by atoms with E-state index in [1.807, 2.05) is 0 Å². The molecule has 0 bridgehead atoms. The highest BCUT2D eigenvalue weighted by molar-refractivity contribution is 6.25. The lowest BCUT2D eigenvalue weighted by atomic mass is 9.81. The third-order valence-corrected chi connectivity index (χ3v) is 11.8. The first-order valence-corrected chi connectivity index (χ1v) is 18.0. The first-order chi connectivity index (χ1) is 25.1. The van der Waals surface area contributed by atoms with Crippen molar-refractivity contribution in [1.29, 1.82) is 0 Å². The largest absolute Gasteiger partial charge is 0.0616 e. The van der Waals surface area contributed by atoms with Gasteiger partial charge in [-0.1, -0.05) is 166 Å². The van der Waals surface area contributed by atoms with Crippen LogP contribution in [0.15, 0.2) is 170 Å². The molecule has 0 N–H and O–H groups in total. The van der Waals surface area contributed by atoms with E-state index in [2.05, 4.69) is 184 Å². The average Bonchev–Trinajstić information content (AvgIpc) is 3.41. The third-order valence-electron chi connectivity index (χ3n) is 11.8. The lowest BCUT2D eigenvalue weighted by molar-refractivity contribution is 0.661. The summed E-state index contributed by atoms with van der Waals surface area (Å²) in [5, 5.41) is 15.5. The monoisotopic (exact) mass is 646 g/mol. The minimum atomic E-state index is -0.0634. The molecule has 0 aliphatic heterocycles. The van der Waals surface area contributed by atoms with Crippen LogP contribution in [0.2, 0.25) is 0 Å². The molecule has 0 radical (unpaired) electrons. The Morgan fingerprint density at radius 3 is 1.59 bits per heavy atom. The maximum atomic E-state index is 2.48. The lowest BCUT2D eigenvalue weighted by Crippen LogP contribution is -2.14. The minimum Gasteiger partial charge on any atom is -0.0616 e. The van der Waals surface area contributed by atoms with Crippen molar-refractivity contribution in [1.82, 2.24) is 0 Å². The van der Waals surface area contributed by atoms with Crippen LogP contribution < -0.4 is 0 Å². The fourth-order valence-corrected chi connectivity index (χ4v) is 9.41. The maximum absolute atomic E-state index is 2.48. The van der Waals surface area contributed by atoms with Crippen molar-refractivity contribution >= 4 is 64.6 Å². The summed E-state index contributed by atoms with van der Waals surface area (Å²) in [4.78, 5) is 0. The van der Waals surface area contributed by atoms with Gasteiger partial charge in [0.1, 0.15) is 0 Å². The molecule has 0 saturated heterocycles. The van der Waals surface area contributed by atoms with Gasteiger partial charge in [-0.25, -0.2) is 0 Å². The van der Waals surface area contributed by atoms with Gasteiger partial charge in [-0.3, -0.25) is 0 Å². The minimum absolute atomic E-state index is 0.0634. The van der Waals surface area contributed by atoms with Crippen molar-refractivity contribution in [2.75, 3.05) is 0 Å². The van der Waals surface area contributed by atoms with E-state index in [1.165, 1.54) is 109 Å². The molecule has 0 aromatic heterocycles. The quantitative estimate of drug-likeness (QED) is 0.129. The summed E-state index contributed by atoms with van der Waals surface area (Å²) in [5.74, 6) is 0. The highest BCUT2D eigenvalue weighted by atomic mass is 14.4. The first-order valence-electron chi connectivity index (χ1n) is 18.0. The van der Waals surface area contributed by atoms with Crippen LogP contribution in [-0.4, -0.2) is 0 Å². The number of hydrogen-bond acceptors (Lipinski definition) is 0. The van der Waals surface area contributed by atoms with Crippen molar-refractivity contribution in [3.63, 3.8) is 0 Å². The molecular weight excluding hydrogens is 613 g/mol. The Morgan fingerprint density at radius 2 is 0.863 bits per heavy atom. The zero-order chi connectivity index (χ0) is 33.8. The summed E-state index contributed by atoms with van der Waals surface area (Å²) >= 11 is 0. The van der Waals surface area contributed by atoms with Crippen molar-refractivity contribution in [2.45, 2.75) is 19.3 Å². The van der Waals surface area contributed by atoms with E-state index in [1.54, 1.807) is 0 Å². The van der Waals surface area contributed by atoms with Gasteiger partial charge in [0.05, 0.1) is 0 Å². The highest BCUT2D eigenvalue weighted by Gasteiger charge is 2.36. The third kappa shape index (κ3) is 3.96. The smallest absolute Gasteiger partial charge is 0.0159 e. The maximum Gasteiger partial charge on any atom is 0.0159 e. The van der Waals surface area contributed by atoms with Crippen molar-refractivity contribution < 1.29 is 0 Å². The Morgan fingerprint density at radius 1 is 0.294 bits per heavy atom. The van der Waals surface area contributed by atoms with Gasteiger partial charge in [0.25, 0.3) is 0 Å². The molecule has 0 heteroatoms. The molecule has 0 amide bonds. The highest BCUT2D eigenvalue weighted by Crippen LogP contribution is 2.53. The molecule has 0 unspecified atom stereocenters. The van der Waals surface area contributed by atoms with Crippen LogP contribution in [-0.2, 0) is 5.41 Å². The van der Waals surface area contributed by atoms with Crippen LogP contribution in [0, 0.1) is 0 Å². The summed E-state index contributed by atoms with van der Waals surface area (Å²) in [6.07, 6.45) is 0. The molecule has 10 aromatic rings. The lowest BCUT2D eigenvalue weighted by Gasteiger charge is -2.22. The van der Waals surface area contributed by atoms with Crippen molar-refractivity contribution in [2.24, 2.45) is 0 Å². The second kappa shape index (κ2) is 10.4. The summed E-state index contributed by atoms with van der Waals surface area (Å²) in [7, 11) is 0. The topological polar surface area (TPSA) is 0 Å². The molecule has 1 aliphatic carbocycles. The Bertz CT molecular complexity index is 3050. The predicted molar refractivity (Wildman–Crippen MR) is 220 cm³/mol. The van der Waals surface area contributed by atoms with E-state index < -0.39 is 0 Å². The normalized spacial score (nSPS) is 13.5. The van der Waals surface area contributed by atoms with Crippen LogP contribution in [0.4, 0.5) is 0 Å². The standard InChI is InChI=1S/C51H34/c1-51(2)46-26-24-35(30-45(46)50-36-15-6-5-12-31(36)23-27-47(50)51)48-40-16-7-9-18-42(40)49(43-19-10-8-17-41(43)48)39-21-11-20-37-38(39)25-22-34-28-32-13-3-4-14-33(32)29-44(34)37/h3-30H,1-2H3. The molecule has 1 aliphatic rings. The fraction of sp³-hybridized carbons (Fsp3) is 0.0588. The molecule has 0 nitrogen and oxygen atoms in total. The zero-order valence-electron chi connectivity index (χ0n) is 28.7. The second-order valence-electron chi connectivity index (χ2n) is 14.8. The van der Waals surface area contributed by atoms with Gasteiger partial charge in [-0.15, -0.1) is 0 Å². The van der Waals surface area contributed by atoms with E-state index in [9.17, 15) is 0 Å². The van der Waals surface area contributed by atoms with Crippen LogP contribution >= 0.6 is 0 Å². The van der Waals surface area contributed by atoms with Crippen LogP contribution in [0.25, 0.3) is 98.0 Å². The van der Waals surface area contributed by atoms with E-state index in [4.69, 9.17) is 0 Å². The van der Waals surface area contributed by atoms with Gasteiger partial charge in [-0.05, 0) is 127 Å². The van der Waals surface area contributed by atoms with Gasteiger partial charge in [0.2, 0.25) is 0 Å². The summed E-state index contributed by atoms with van der Waals surface area (Å²) < 4.78 is 0. The first kappa shape index (κ1) is 28.6. The average molecular weight is 647 g/mol. The Hall–Kier alpha value is -6.24. The van der Waals surface area contributed by atoms with Gasteiger partial charge in [0, 0.05) is 5.41 Å². The number of fused-ring (bicyclic) bond motifs is 11.